The SMILES string of the molecule is CCOP(=O)(OCC)c1cc(Br)ccc1N. The quantitative estimate of drug-likeness (QED) is 0.671. The van der Waals surface area contributed by atoms with Crippen molar-refractivity contribution in [1.82, 2.24) is 0 Å². The summed E-state index contributed by atoms with van der Waals surface area (Å²) < 4.78 is 23.7. The fourth-order valence-corrected chi connectivity index (χ4v) is 3.53. The molecule has 0 aromatic heterocycles. The van der Waals surface area contributed by atoms with E-state index in [0.717, 1.165) is 4.47 Å². The van der Waals surface area contributed by atoms with Gasteiger partial charge in [0.1, 0.15) is 0 Å². The number of rotatable bonds is 5. The molecular formula is C10H15BrNO3P. The molecule has 0 heterocycles. The standard InChI is InChI=1S/C10H15BrNO3P/c1-3-14-16(13,15-4-2)10-7-8(11)5-6-9(10)12/h5-7H,3-4,12H2,1-2H3. The fraction of sp³-hybridized carbons (Fsp3) is 0.400. The minimum absolute atomic E-state index is 0.309. The first-order valence-electron chi connectivity index (χ1n) is 4.98. The smallest absolute Gasteiger partial charge is 0.363 e. The Hall–Kier alpha value is -0.350. The van der Waals surface area contributed by atoms with Crippen LogP contribution in [0.4, 0.5) is 5.69 Å². The van der Waals surface area contributed by atoms with E-state index >= 15 is 0 Å². The summed E-state index contributed by atoms with van der Waals surface area (Å²) in [6.45, 7) is 4.14. The van der Waals surface area contributed by atoms with Gasteiger partial charge in [-0.05, 0) is 32.0 Å². The average molecular weight is 308 g/mol. The molecule has 6 heteroatoms. The number of anilines is 1. The van der Waals surface area contributed by atoms with Crippen molar-refractivity contribution in [2.24, 2.45) is 0 Å². The molecule has 0 aliphatic heterocycles. The van der Waals surface area contributed by atoms with Crippen LogP contribution in [0, 0.1) is 0 Å². The van der Waals surface area contributed by atoms with Gasteiger partial charge in [-0.2, -0.15) is 0 Å². The Morgan fingerprint density at radius 3 is 2.38 bits per heavy atom. The van der Waals surface area contributed by atoms with Crippen LogP contribution in [0.2, 0.25) is 0 Å². The zero-order valence-corrected chi connectivity index (χ0v) is 11.8. The third-order valence-corrected chi connectivity index (χ3v) is 4.55. The Bertz CT molecular complexity index is 401. The van der Waals surface area contributed by atoms with Gasteiger partial charge in [0.05, 0.1) is 18.5 Å². The van der Waals surface area contributed by atoms with Crippen molar-refractivity contribution in [2.45, 2.75) is 13.8 Å². The number of nitrogens with two attached hydrogens (primary N) is 1. The van der Waals surface area contributed by atoms with Crippen LogP contribution in [-0.2, 0) is 13.6 Å². The highest BCUT2D eigenvalue weighted by Gasteiger charge is 2.29. The lowest BCUT2D eigenvalue weighted by Gasteiger charge is -2.18. The van der Waals surface area contributed by atoms with Crippen molar-refractivity contribution in [1.29, 1.82) is 0 Å². The van der Waals surface area contributed by atoms with Gasteiger partial charge in [-0.3, -0.25) is 4.57 Å². The molecule has 1 aromatic carbocycles. The average Bonchev–Trinajstić information content (AvgIpc) is 2.22. The first-order valence-corrected chi connectivity index (χ1v) is 7.31. The zero-order valence-electron chi connectivity index (χ0n) is 9.27. The third-order valence-electron chi connectivity index (χ3n) is 1.89. The van der Waals surface area contributed by atoms with E-state index in [0.29, 0.717) is 24.2 Å². The minimum Gasteiger partial charge on any atom is -0.398 e. The monoisotopic (exact) mass is 307 g/mol. The Morgan fingerprint density at radius 1 is 1.31 bits per heavy atom. The molecule has 1 rings (SSSR count). The van der Waals surface area contributed by atoms with Gasteiger partial charge in [0.25, 0.3) is 0 Å². The molecule has 90 valence electrons. The summed E-state index contributed by atoms with van der Waals surface area (Å²) >= 11 is 3.30. The summed E-state index contributed by atoms with van der Waals surface area (Å²) in [4.78, 5) is 0. The summed E-state index contributed by atoms with van der Waals surface area (Å²) in [5.41, 5.74) is 6.19. The van der Waals surface area contributed by atoms with E-state index in [1.165, 1.54) is 0 Å². The van der Waals surface area contributed by atoms with Gasteiger partial charge in [0.15, 0.2) is 0 Å². The molecule has 2 N–H and O–H groups in total. The lowest BCUT2D eigenvalue weighted by Crippen LogP contribution is -2.15. The van der Waals surface area contributed by atoms with Crippen LogP contribution in [0.3, 0.4) is 0 Å². The summed E-state index contributed by atoms with van der Waals surface area (Å²) in [5.74, 6) is 0. The molecule has 0 atom stereocenters. The van der Waals surface area contributed by atoms with Crippen molar-refractivity contribution in [3.63, 3.8) is 0 Å². The van der Waals surface area contributed by atoms with E-state index in [9.17, 15) is 4.57 Å². The summed E-state index contributed by atoms with van der Waals surface area (Å²) in [6, 6.07) is 5.12. The lowest BCUT2D eigenvalue weighted by atomic mass is 10.3. The van der Waals surface area contributed by atoms with Gasteiger partial charge < -0.3 is 14.8 Å². The predicted octanol–water partition coefficient (Wildman–Crippen LogP) is 2.92. The Kier molecular flexibility index (Phi) is 4.99. The molecule has 0 bridgehead atoms. The molecule has 4 nitrogen and oxygen atoms in total. The first-order chi connectivity index (χ1) is 7.53. The third kappa shape index (κ3) is 3.08. The predicted molar refractivity (Wildman–Crippen MR) is 69.0 cm³/mol. The van der Waals surface area contributed by atoms with Crippen LogP contribution in [0.25, 0.3) is 0 Å². The number of hydrogen-bond donors (Lipinski definition) is 1. The van der Waals surface area contributed by atoms with Crippen LogP contribution in [0.15, 0.2) is 22.7 Å². The van der Waals surface area contributed by atoms with Gasteiger partial charge in [-0.25, -0.2) is 0 Å². The van der Waals surface area contributed by atoms with Crippen molar-refractivity contribution in [2.75, 3.05) is 18.9 Å². The molecular weight excluding hydrogens is 293 g/mol. The molecule has 0 radical (unpaired) electrons. The fourth-order valence-electron chi connectivity index (χ4n) is 1.27. The molecule has 0 aliphatic carbocycles. The Morgan fingerprint density at radius 2 is 1.88 bits per heavy atom. The Balaban J connectivity index is 3.20. The van der Waals surface area contributed by atoms with Crippen LogP contribution in [-0.4, -0.2) is 13.2 Å². The number of halogens is 1. The highest BCUT2D eigenvalue weighted by molar-refractivity contribution is 9.10. The number of nitrogen functional groups attached to an aromatic ring is 1. The highest BCUT2D eigenvalue weighted by atomic mass is 79.9. The molecule has 16 heavy (non-hydrogen) atoms. The second-order valence-corrected chi connectivity index (χ2v) is 5.94. The lowest BCUT2D eigenvalue weighted by molar-refractivity contribution is 0.230. The maximum atomic E-state index is 12.4. The topological polar surface area (TPSA) is 61.5 Å². The number of benzene rings is 1. The normalized spacial score (nSPS) is 11.7. The molecule has 1 aromatic rings. The van der Waals surface area contributed by atoms with Crippen LogP contribution in [0.5, 0.6) is 0 Å². The second kappa shape index (κ2) is 5.82. The first kappa shape index (κ1) is 13.7. The molecule has 0 saturated carbocycles. The van der Waals surface area contributed by atoms with E-state index in [4.69, 9.17) is 14.8 Å². The van der Waals surface area contributed by atoms with Gasteiger partial charge in [0, 0.05) is 10.2 Å². The van der Waals surface area contributed by atoms with Crippen LogP contribution in [0.1, 0.15) is 13.8 Å². The van der Waals surface area contributed by atoms with Gasteiger partial charge in [-0.1, -0.05) is 15.9 Å². The van der Waals surface area contributed by atoms with Gasteiger partial charge in [0.2, 0.25) is 0 Å². The van der Waals surface area contributed by atoms with Crippen molar-refractivity contribution in [3.8, 4) is 0 Å². The molecule has 0 unspecified atom stereocenters. The van der Waals surface area contributed by atoms with E-state index < -0.39 is 7.60 Å². The van der Waals surface area contributed by atoms with E-state index in [-0.39, 0.29) is 0 Å². The second-order valence-electron chi connectivity index (χ2n) is 3.04. The van der Waals surface area contributed by atoms with E-state index in [1.54, 1.807) is 32.0 Å². The van der Waals surface area contributed by atoms with Crippen molar-refractivity contribution in [3.05, 3.63) is 22.7 Å². The molecule has 0 aliphatic rings. The highest BCUT2D eigenvalue weighted by Crippen LogP contribution is 2.48. The van der Waals surface area contributed by atoms with E-state index in [2.05, 4.69) is 15.9 Å². The zero-order chi connectivity index (χ0) is 12.2. The maximum Gasteiger partial charge on any atom is 0.363 e. The molecule has 0 fully saturated rings. The van der Waals surface area contributed by atoms with Crippen LogP contribution < -0.4 is 11.0 Å². The molecule has 0 amide bonds. The molecule has 0 saturated heterocycles. The summed E-state index contributed by atoms with van der Waals surface area (Å²) in [6.07, 6.45) is 0. The maximum absolute atomic E-state index is 12.4. The van der Waals surface area contributed by atoms with E-state index in [1.807, 2.05) is 0 Å². The van der Waals surface area contributed by atoms with Crippen molar-refractivity contribution < 1.29 is 13.6 Å². The largest absolute Gasteiger partial charge is 0.398 e. The molecule has 0 spiro atoms. The summed E-state index contributed by atoms with van der Waals surface area (Å²) in [7, 11) is -3.29. The minimum atomic E-state index is -3.29. The van der Waals surface area contributed by atoms with Gasteiger partial charge in [-0.15, -0.1) is 0 Å². The van der Waals surface area contributed by atoms with Crippen LogP contribution >= 0.6 is 23.5 Å². The summed E-state index contributed by atoms with van der Waals surface area (Å²) in [5, 5.41) is 0.408. The number of hydrogen-bond acceptors (Lipinski definition) is 4. The Labute approximate surface area is 104 Å². The van der Waals surface area contributed by atoms with Gasteiger partial charge >= 0.3 is 7.60 Å². The van der Waals surface area contributed by atoms with Crippen molar-refractivity contribution >= 4 is 34.5 Å².